The Morgan fingerprint density at radius 2 is 1.67 bits per heavy atom. The molecular weight excluding hydrogens is 593 g/mol. The summed E-state index contributed by atoms with van der Waals surface area (Å²) in [5.74, 6) is -1.16. The number of carbonyl (C=O) groups is 3. The average molecular weight is 617 g/mol. The van der Waals surface area contributed by atoms with Gasteiger partial charge in [0.1, 0.15) is 6.04 Å². The van der Waals surface area contributed by atoms with Gasteiger partial charge in [0.15, 0.2) is 0 Å². The molecule has 1 aliphatic rings. The first kappa shape index (κ1) is 26.0. The lowest BCUT2D eigenvalue weighted by molar-refractivity contribution is -0.122. The first-order chi connectivity index (χ1) is 17.1. The lowest BCUT2D eigenvalue weighted by Gasteiger charge is -2.28. The second kappa shape index (κ2) is 10.5. The minimum atomic E-state index is -3.82. The summed E-state index contributed by atoms with van der Waals surface area (Å²) in [5, 5.41) is 5.17. The van der Waals surface area contributed by atoms with Crippen LogP contribution in [0.25, 0.3) is 0 Å². The summed E-state index contributed by atoms with van der Waals surface area (Å²) in [6, 6.07) is 19.2. The number of primary sulfonamides is 1. The van der Waals surface area contributed by atoms with E-state index in [2.05, 4.69) is 22.6 Å². The van der Waals surface area contributed by atoms with Gasteiger partial charge in [-0.3, -0.25) is 14.4 Å². The van der Waals surface area contributed by atoms with Crippen LogP contribution in [-0.4, -0.2) is 43.6 Å². The normalized spacial score (nSPS) is 15.9. The number of imide groups is 1. The summed E-state index contributed by atoms with van der Waals surface area (Å²) in [4.78, 5) is 42.6. The van der Waals surface area contributed by atoms with Crippen molar-refractivity contribution in [3.05, 3.63) is 93.1 Å². The third kappa shape index (κ3) is 5.50. The fourth-order valence-electron chi connectivity index (χ4n) is 4.18. The zero-order valence-electron chi connectivity index (χ0n) is 19.4. The largest absolute Gasteiger partial charge is 0.326 e. The molecule has 0 spiro atoms. The van der Waals surface area contributed by atoms with Crippen LogP contribution in [0.3, 0.4) is 0 Å². The standard InChI is InChI=1S/C26H24IN3O5S/c1-17-4-2-3-5-22(17)25(32)29(15-14-18-6-12-21(13-7-18)36(28,34)35)23-16-24(31)30(26(23)33)20-10-8-19(27)9-11-20/h2-13,23H,14-16H2,1H3,(H2,28,34,35). The fourth-order valence-corrected chi connectivity index (χ4v) is 5.06. The van der Waals surface area contributed by atoms with Gasteiger partial charge < -0.3 is 4.90 Å². The van der Waals surface area contributed by atoms with Crippen LogP contribution in [0, 0.1) is 10.5 Å². The van der Waals surface area contributed by atoms with Gasteiger partial charge in [-0.2, -0.15) is 0 Å². The molecule has 0 aromatic heterocycles. The molecule has 3 aromatic rings. The van der Waals surface area contributed by atoms with Crippen LogP contribution in [0.2, 0.25) is 0 Å². The van der Waals surface area contributed by atoms with Gasteiger partial charge in [0.2, 0.25) is 15.9 Å². The molecule has 0 bridgehead atoms. The maximum Gasteiger partial charge on any atom is 0.257 e. The predicted octanol–water partition coefficient (Wildman–Crippen LogP) is 3.26. The SMILES string of the molecule is Cc1ccccc1C(=O)N(CCc1ccc(S(N)(=O)=O)cc1)C1CC(=O)N(c2ccc(I)cc2)C1=O. The Morgan fingerprint density at radius 1 is 1.03 bits per heavy atom. The number of aryl methyl sites for hydroxylation is 1. The molecule has 1 heterocycles. The molecule has 3 aromatic carbocycles. The molecule has 1 aliphatic heterocycles. The molecule has 4 rings (SSSR count). The Bertz CT molecular complexity index is 1420. The third-order valence-corrected chi connectivity index (χ3v) is 7.76. The Labute approximate surface area is 223 Å². The van der Waals surface area contributed by atoms with E-state index in [4.69, 9.17) is 5.14 Å². The number of amides is 3. The van der Waals surface area contributed by atoms with Gasteiger partial charge in [0.25, 0.3) is 11.8 Å². The van der Waals surface area contributed by atoms with Gasteiger partial charge in [-0.1, -0.05) is 30.3 Å². The number of benzene rings is 3. The number of carbonyl (C=O) groups excluding carboxylic acids is 3. The number of halogens is 1. The van der Waals surface area contributed by atoms with E-state index < -0.39 is 22.0 Å². The van der Waals surface area contributed by atoms with Crippen molar-refractivity contribution in [2.45, 2.75) is 30.7 Å². The Balaban J connectivity index is 1.63. The second-order valence-electron chi connectivity index (χ2n) is 8.52. The lowest BCUT2D eigenvalue weighted by atomic mass is 10.0. The van der Waals surface area contributed by atoms with Gasteiger partial charge in [-0.15, -0.1) is 0 Å². The summed E-state index contributed by atoms with van der Waals surface area (Å²) < 4.78 is 24.1. The highest BCUT2D eigenvalue weighted by Gasteiger charge is 2.44. The summed E-state index contributed by atoms with van der Waals surface area (Å²) >= 11 is 2.14. The predicted molar refractivity (Wildman–Crippen MR) is 144 cm³/mol. The lowest BCUT2D eigenvalue weighted by Crippen LogP contribution is -2.46. The van der Waals surface area contributed by atoms with Crippen LogP contribution in [0.5, 0.6) is 0 Å². The molecule has 0 saturated carbocycles. The minimum Gasteiger partial charge on any atom is -0.326 e. The molecule has 0 aliphatic carbocycles. The molecule has 1 atom stereocenters. The van der Waals surface area contributed by atoms with E-state index in [-0.39, 0.29) is 29.7 Å². The number of nitrogens with two attached hydrogens (primary N) is 1. The van der Waals surface area contributed by atoms with Crippen LogP contribution in [-0.2, 0) is 26.0 Å². The van der Waals surface area contributed by atoms with Crippen molar-refractivity contribution in [2.24, 2.45) is 5.14 Å². The molecule has 3 amide bonds. The van der Waals surface area contributed by atoms with Crippen molar-refractivity contribution in [3.63, 3.8) is 0 Å². The van der Waals surface area contributed by atoms with Gasteiger partial charge in [-0.05, 0) is 89.5 Å². The van der Waals surface area contributed by atoms with E-state index in [1.54, 1.807) is 36.4 Å². The molecule has 2 N–H and O–H groups in total. The van der Waals surface area contributed by atoms with Crippen LogP contribution in [0.1, 0.15) is 27.9 Å². The van der Waals surface area contributed by atoms with Crippen molar-refractivity contribution in [1.82, 2.24) is 4.90 Å². The number of rotatable bonds is 7. The van der Waals surface area contributed by atoms with Crippen molar-refractivity contribution >= 4 is 56.0 Å². The topological polar surface area (TPSA) is 118 Å². The van der Waals surface area contributed by atoms with Crippen LogP contribution < -0.4 is 10.0 Å². The van der Waals surface area contributed by atoms with E-state index >= 15 is 0 Å². The van der Waals surface area contributed by atoms with Crippen LogP contribution in [0.4, 0.5) is 5.69 Å². The zero-order valence-corrected chi connectivity index (χ0v) is 22.4. The summed E-state index contributed by atoms with van der Waals surface area (Å²) in [7, 11) is -3.82. The van der Waals surface area contributed by atoms with Gasteiger partial charge in [0, 0.05) is 15.7 Å². The fraction of sp³-hybridized carbons (Fsp3) is 0.192. The summed E-state index contributed by atoms with van der Waals surface area (Å²) in [6.45, 7) is 1.98. The number of hydrogen-bond acceptors (Lipinski definition) is 5. The molecule has 1 saturated heterocycles. The number of sulfonamides is 1. The van der Waals surface area contributed by atoms with Crippen molar-refractivity contribution in [3.8, 4) is 0 Å². The molecule has 1 unspecified atom stereocenters. The Kier molecular flexibility index (Phi) is 7.57. The molecule has 8 nitrogen and oxygen atoms in total. The zero-order chi connectivity index (χ0) is 26.0. The van der Waals surface area contributed by atoms with Gasteiger partial charge in [-0.25, -0.2) is 18.5 Å². The monoisotopic (exact) mass is 617 g/mol. The molecular formula is C26H24IN3O5S. The number of nitrogens with zero attached hydrogens (tertiary/aromatic N) is 2. The van der Waals surface area contributed by atoms with Crippen molar-refractivity contribution < 1.29 is 22.8 Å². The average Bonchev–Trinajstić information content (AvgIpc) is 3.13. The van der Waals surface area contributed by atoms with Crippen molar-refractivity contribution in [2.75, 3.05) is 11.4 Å². The summed E-state index contributed by atoms with van der Waals surface area (Å²) in [6.07, 6.45) is 0.233. The minimum absolute atomic E-state index is 0.0103. The maximum absolute atomic E-state index is 13.6. The smallest absolute Gasteiger partial charge is 0.257 e. The molecule has 1 fully saturated rings. The molecule has 10 heteroatoms. The quantitative estimate of drug-likeness (QED) is 0.323. The van der Waals surface area contributed by atoms with Gasteiger partial charge >= 0.3 is 0 Å². The highest BCUT2D eigenvalue weighted by Crippen LogP contribution is 2.28. The second-order valence-corrected chi connectivity index (χ2v) is 11.3. The van der Waals surface area contributed by atoms with Crippen molar-refractivity contribution in [1.29, 1.82) is 0 Å². The third-order valence-electron chi connectivity index (χ3n) is 6.11. The Morgan fingerprint density at radius 3 is 2.28 bits per heavy atom. The molecule has 186 valence electrons. The molecule has 0 radical (unpaired) electrons. The van der Waals surface area contributed by atoms with E-state index in [9.17, 15) is 22.8 Å². The van der Waals surface area contributed by atoms with E-state index in [1.807, 2.05) is 31.2 Å². The number of anilines is 1. The maximum atomic E-state index is 13.6. The first-order valence-electron chi connectivity index (χ1n) is 11.2. The number of hydrogen-bond donors (Lipinski definition) is 1. The highest BCUT2D eigenvalue weighted by molar-refractivity contribution is 14.1. The van der Waals surface area contributed by atoms with E-state index in [1.165, 1.54) is 17.0 Å². The first-order valence-corrected chi connectivity index (χ1v) is 13.8. The van der Waals surface area contributed by atoms with E-state index in [0.29, 0.717) is 17.7 Å². The van der Waals surface area contributed by atoms with Crippen LogP contribution >= 0.6 is 22.6 Å². The van der Waals surface area contributed by atoms with E-state index in [0.717, 1.165) is 19.6 Å². The highest BCUT2D eigenvalue weighted by atomic mass is 127. The summed E-state index contributed by atoms with van der Waals surface area (Å²) in [5.41, 5.74) is 2.44. The van der Waals surface area contributed by atoms with Crippen LogP contribution in [0.15, 0.2) is 77.7 Å². The molecule has 36 heavy (non-hydrogen) atoms. The Hall–Kier alpha value is -3.09. The van der Waals surface area contributed by atoms with Gasteiger partial charge in [0.05, 0.1) is 17.0 Å².